The molecule has 2 rings (SSSR count). The quantitative estimate of drug-likeness (QED) is 0.837. The van der Waals surface area contributed by atoms with Crippen molar-refractivity contribution in [2.24, 2.45) is 11.5 Å². The van der Waals surface area contributed by atoms with Gasteiger partial charge in [0.1, 0.15) is 0 Å². The van der Waals surface area contributed by atoms with Gasteiger partial charge in [0.25, 0.3) is 0 Å². The average Bonchev–Trinajstić information content (AvgIpc) is 2.49. The molecule has 134 valence electrons. The maximum absolute atomic E-state index is 6.55. The molecular weight excluding hydrogens is 339 g/mol. The maximum atomic E-state index is 6.55. The van der Waals surface area contributed by atoms with Crippen molar-refractivity contribution < 1.29 is 14.2 Å². The van der Waals surface area contributed by atoms with Crippen LogP contribution in [0.3, 0.4) is 0 Å². The molecule has 0 saturated heterocycles. The molecule has 23 heavy (non-hydrogen) atoms. The molecule has 0 heterocycles. The smallest absolute Gasteiger partial charge is 0.203 e. The highest BCUT2D eigenvalue weighted by Crippen LogP contribution is 2.39. The molecule has 1 saturated carbocycles. The third kappa shape index (κ3) is 4.80. The van der Waals surface area contributed by atoms with Crippen molar-refractivity contribution in [2.45, 2.75) is 43.7 Å². The third-order valence-electron chi connectivity index (χ3n) is 4.40. The van der Waals surface area contributed by atoms with Crippen LogP contribution in [-0.2, 0) is 6.42 Å². The zero-order valence-electron chi connectivity index (χ0n) is 14.0. The van der Waals surface area contributed by atoms with Crippen molar-refractivity contribution in [2.75, 3.05) is 21.3 Å². The van der Waals surface area contributed by atoms with Gasteiger partial charge in [-0.2, -0.15) is 0 Å². The van der Waals surface area contributed by atoms with Gasteiger partial charge in [0.2, 0.25) is 5.75 Å². The first-order valence-corrected chi connectivity index (χ1v) is 7.37. The molecule has 0 bridgehead atoms. The molecule has 0 spiro atoms. The highest BCUT2D eigenvalue weighted by atomic mass is 35.5. The fourth-order valence-electron chi connectivity index (χ4n) is 3.13. The SMILES string of the molecule is COc1cc(CC2(N)CCCCC2N)cc(OC)c1OC.Cl.Cl. The predicted octanol–water partition coefficient (Wildman–Crippen LogP) is 2.70. The van der Waals surface area contributed by atoms with Crippen molar-refractivity contribution in [3.63, 3.8) is 0 Å². The summed E-state index contributed by atoms with van der Waals surface area (Å²) in [4.78, 5) is 0. The number of hydrogen-bond donors (Lipinski definition) is 2. The summed E-state index contributed by atoms with van der Waals surface area (Å²) in [6.45, 7) is 0. The van der Waals surface area contributed by atoms with Crippen molar-refractivity contribution in [1.29, 1.82) is 0 Å². The molecule has 1 aliphatic carbocycles. The summed E-state index contributed by atoms with van der Waals surface area (Å²) in [7, 11) is 4.83. The van der Waals surface area contributed by atoms with Gasteiger partial charge >= 0.3 is 0 Å². The molecule has 2 unspecified atom stereocenters. The van der Waals surface area contributed by atoms with Crippen LogP contribution in [0.15, 0.2) is 12.1 Å². The lowest BCUT2D eigenvalue weighted by molar-refractivity contribution is 0.250. The summed E-state index contributed by atoms with van der Waals surface area (Å²) in [5.41, 5.74) is 13.5. The lowest BCUT2D eigenvalue weighted by Gasteiger charge is -2.39. The zero-order valence-corrected chi connectivity index (χ0v) is 15.6. The van der Waals surface area contributed by atoms with E-state index in [1.54, 1.807) is 21.3 Å². The van der Waals surface area contributed by atoms with E-state index in [1.807, 2.05) is 12.1 Å². The number of hydrogen-bond acceptors (Lipinski definition) is 5. The Balaban J connectivity index is 0.00000242. The van der Waals surface area contributed by atoms with E-state index in [9.17, 15) is 0 Å². The molecule has 1 aliphatic rings. The second kappa shape index (κ2) is 9.42. The van der Waals surface area contributed by atoms with Gasteiger partial charge in [0, 0.05) is 11.6 Å². The Kier molecular flexibility index (Phi) is 9.06. The number of rotatable bonds is 5. The number of nitrogens with two attached hydrogens (primary N) is 2. The van der Waals surface area contributed by atoms with Crippen molar-refractivity contribution >= 4 is 24.8 Å². The first kappa shape index (κ1) is 22.1. The minimum Gasteiger partial charge on any atom is -0.493 e. The molecule has 0 aromatic heterocycles. The highest BCUT2D eigenvalue weighted by molar-refractivity contribution is 5.85. The monoisotopic (exact) mass is 366 g/mol. The topological polar surface area (TPSA) is 79.7 Å². The number of ether oxygens (including phenoxy) is 3. The molecule has 2 atom stereocenters. The van der Waals surface area contributed by atoms with E-state index in [4.69, 9.17) is 25.7 Å². The Labute approximate surface area is 150 Å². The molecule has 4 N–H and O–H groups in total. The van der Waals surface area contributed by atoms with Crippen LogP contribution < -0.4 is 25.7 Å². The zero-order chi connectivity index (χ0) is 15.5. The van der Waals surface area contributed by atoms with Gasteiger partial charge in [-0.15, -0.1) is 24.8 Å². The second-order valence-electron chi connectivity index (χ2n) is 5.80. The summed E-state index contributed by atoms with van der Waals surface area (Å²) in [5.74, 6) is 1.91. The van der Waals surface area contributed by atoms with E-state index in [1.165, 1.54) is 0 Å². The minimum atomic E-state index is -0.358. The molecular formula is C16H28Cl2N2O3. The summed E-state index contributed by atoms with van der Waals surface area (Å²) >= 11 is 0. The maximum Gasteiger partial charge on any atom is 0.203 e. The van der Waals surface area contributed by atoms with Crippen molar-refractivity contribution in [3.8, 4) is 17.2 Å². The van der Waals surface area contributed by atoms with Crippen LogP contribution in [0.25, 0.3) is 0 Å². The van der Waals surface area contributed by atoms with E-state index in [0.717, 1.165) is 31.2 Å². The van der Waals surface area contributed by atoms with E-state index < -0.39 is 0 Å². The second-order valence-corrected chi connectivity index (χ2v) is 5.80. The van der Waals surface area contributed by atoms with Crippen LogP contribution in [0.2, 0.25) is 0 Å². The molecule has 5 nitrogen and oxygen atoms in total. The Hall–Kier alpha value is -0.880. The fourth-order valence-corrected chi connectivity index (χ4v) is 3.13. The van der Waals surface area contributed by atoms with Crippen LogP contribution >= 0.6 is 24.8 Å². The molecule has 7 heteroatoms. The third-order valence-corrected chi connectivity index (χ3v) is 4.40. The number of methoxy groups -OCH3 is 3. The van der Waals surface area contributed by atoms with E-state index in [0.29, 0.717) is 23.7 Å². The van der Waals surface area contributed by atoms with E-state index >= 15 is 0 Å². The Morgan fingerprint density at radius 1 is 1.04 bits per heavy atom. The van der Waals surface area contributed by atoms with E-state index in [-0.39, 0.29) is 36.4 Å². The van der Waals surface area contributed by atoms with Gasteiger partial charge in [-0.25, -0.2) is 0 Å². The molecule has 0 radical (unpaired) electrons. The standard InChI is InChI=1S/C16H26N2O3.2ClH/c1-19-12-8-11(9-13(20-2)15(12)21-3)10-16(18)7-5-4-6-14(16)17;;/h8-9,14H,4-7,10,17-18H2,1-3H3;2*1H. The predicted molar refractivity (Wildman–Crippen MR) is 97.7 cm³/mol. The largest absolute Gasteiger partial charge is 0.493 e. The first-order chi connectivity index (χ1) is 10.0. The van der Waals surface area contributed by atoms with Gasteiger partial charge in [0.05, 0.1) is 21.3 Å². The molecule has 0 amide bonds. The van der Waals surface area contributed by atoms with Crippen molar-refractivity contribution in [1.82, 2.24) is 0 Å². The molecule has 1 aromatic rings. The van der Waals surface area contributed by atoms with E-state index in [2.05, 4.69) is 0 Å². The summed E-state index contributed by atoms with van der Waals surface area (Å²) < 4.78 is 16.1. The normalized spacial score (nSPS) is 23.3. The van der Waals surface area contributed by atoms with Gasteiger partial charge in [-0.1, -0.05) is 12.8 Å². The number of benzene rings is 1. The lowest BCUT2D eigenvalue weighted by Crippen LogP contribution is -2.58. The Morgan fingerprint density at radius 2 is 1.61 bits per heavy atom. The van der Waals surface area contributed by atoms with Crippen LogP contribution in [0.5, 0.6) is 17.2 Å². The summed E-state index contributed by atoms with van der Waals surface area (Å²) in [6, 6.07) is 3.94. The Bertz CT molecular complexity index is 477. The van der Waals surface area contributed by atoms with Gasteiger partial charge in [-0.05, 0) is 37.0 Å². The highest BCUT2D eigenvalue weighted by Gasteiger charge is 2.35. The lowest BCUT2D eigenvalue weighted by atomic mass is 9.75. The van der Waals surface area contributed by atoms with Crippen molar-refractivity contribution in [3.05, 3.63) is 17.7 Å². The number of halogens is 2. The molecule has 1 aromatic carbocycles. The van der Waals surface area contributed by atoms with Crippen LogP contribution in [0.1, 0.15) is 31.2 Å². The minimum absolute atomic E-state index is 0. The molecule has 1 fully saturated rings. The van der Waals surface area contributed by atoms with Gasteiger partial charge in [-0.3, -0.25) is 0 Å². The van der Waals surface area contributed by atoms with Gasteiger partial charge in [0.15, 0.2) is 11.5 Å². The molecule has 0 aliphatic heterocycles. The first-order valence-electron chi connectivity index (χ1n) is 7.37. The summed E-state index contributed by atoms with van der Waals surface area (Å²) in [5, 5.41) is 0. The fraction of sp³-hybridized carbons (Fsp3) is 0.625. The Morgan fingerprint density at radius 3 is 2.04 bits per heavy atom. The van der Waals surface area contributed by atoms with Crippen LogP contribution in [0, 0.1) is 0 Å². The summed E-state index contributed by atoms with van der Waals surface area (Å²) in [6.07, 6.45) is 4.95. The van der Waals surface area contributed by atoms with Crippen LogP contribution in [-0.4, -0.2) is 32.9 Å². The van der Waals surface area contributed by atoms with Gasteiger partial charge < -0.3 is 25.7 Å². The van der Waals surface area contributed by atoms with Crippen LogP contribution in [0.4, 0.5) is 0 Å². The average molecular weight is 367 g/mol.